The number of carbonyl (C=O) groups excluding carboxylic acids is 1. The van der Waals surface area contributed by atoms with Crippen LogP contribution in [0.25, 0.3) is 0 Å². The van der Waals surface area contributed by atoms with Crippen LogP contribution in [-0.4, -0.2) is 179 Å². The van der Waals surface area contributed by atoms with Gasteiger partial charge in [0.05, 0.1) is 29.6 Å². The summed E-state index contributed by atoms with van der Waals surface area (Å²) in [4.78, 5) is 40.6. The Hall–Kier alpha value is -2.41. The summed E-state index contributed by atoms with van der Waals surface area (Å²) in [5.41, 5.74) is -3.73. The van der Waals surface area contributed by atoms with E-state index in [2.05, 4.69) is 33.8 Å². The lowest BCUT2D eigenvalue weighted by molar-refractivity contribution is -0.350. The highest BCUT2D eigenvalue weighted by molar-refractivity contribution is 5.79. The van der Waals surface area contributed by atoms with Crippen molar-refractivity contribution in [2.75, 3.05) is 6.61 Å². The van der Waals surface area contributed by atoms with Crippen molar-refractivity contribution < 1.29 is 99.0 Å². The summed E-state index contributed by atoms with van der Waals surface area (Å²) in [5.74, 6) is -4.56. The molecule has 4 saturated carbocycles. The molecule has 3 heterocycles. The van der Waals surface area contributed by atoms with E-state index in [1.54, 1.807) is 0 Å². The first kappa shape index (κ1) is 51.0. The average molecular weight is 957 g/mol. The summed E-state index contributed by atoms with van der Waals surface area (Å²) in [5, 5.41) is 118. The normalized spacial score (nSPS) is 54.0. The molecule has 3 saturated heterocycles. The van der Waals surface area contributed by atoms with Crippen molar-refractivity contribution in [2.45, 2.75) is 204 Å². The van der Waals surface area contributed by atoms with Crippen LogP contribution in [0, 0.1) is 50.2 Å². The second-order valence-electron chi connectivity index (χ2n) is 23.0. The smallest absolute Gasteiger partial charge is 0.335 e. The van der Waals surface area contributed by atoms with Gasteiger partial charge in [-0.1, -0.05) is 46.3 Å². The number of rotatable bonds is 8. The topological polar surface area (TPSA) is 329 Å². The molecule has 20 heteroatoms. The predicted octanol–water partition coefficient (Wildman–Crippen LogP) is -0.0650. The number of aliphatic carboxylic acids is 2. The zero-order valence-electron chi connectivity index (χ0n) is 39.2. The standard InChI is InChI=1S/C47H72O20/c1-19-26(50)28(52)31(55)37(63-19)65-34-27(51)23(49)18-62-39(34)67-41(61)47-14-12-42(2,3)16-21(47)20-8-9-24-43(4)17-22(48)35(66-38-32(56)29(53)30(54)33(64-38)36(57)58)46(7,40(59)60)25(43)10-11-45(24,6)44(20,5)13-15-47/h8,19,21-35,37-39,48-56H,9-18H2,1-7H3,(H,57,58)(H,59,60)/t19-,21-,22-,23-,24+,25+,26-,27-,28+,29-,30-,31+,32+,33-,34+,35-,37-,38-,39-,43+,44+,45+,46-,47-/m0/s1. The molecule has 0 unspecified atom stereocenters. The van der Waals surface area contributed by atoms with Gasteiger partial charge in [0.1, 0.15) is 54.9 Å². The van der Waals surface area contributed by atoms with Crippen LogP contribution in [0.15, 0.2) is 11.6 Å². The Morgan fingerprint density at radius 3 is 1.94 bits per heavy atom. The summed E-state index contributed by atoms with van der Waals surface area (Å²) >= 11 is 0. The van der Waals surface area contributed by atoms with Crippen molar-refractivity contribution in [1.29, 1.82) is 0 Å². The molecule has 3 aliphatic heterocycles. The number of carbonyl (C=O) groups is 3. The molecular weight excluding hydrogens is 884 g/mol. The quantitative estimate of drug-likeness (QED) is 0.0862. The van der Waals surface area contributed by atoms with E-state index in [4.69, 9.17) is 28.4 Å². The van der Waals surface area contributed by atoms with Gasteiger partial charge in [0, 0.05) is 0 Å². The minimum atomic E-state index is -1.99. The summed E-state index contributed by atoms with van der Waals surface area (Å²) in [6, 6.07) is 0. The number of ether oxygens (including phenoxy) is 6. The Bertz CT molecular complexity index is 1950. The van der Waals surface area contributed by atoms with Gasteiger partial charge in [-0.25, -0.2) is 4.79 Å². The van der Waals surface area contributed by atoms with Crippen LogP contribution in [0.1, 0.15) is 106 Å². The van der Waals surface area contributed by atoms with Gasteiger partial charge in [0.25, 0.3) is 0 Å². The molecular formula is C47H72O20. The van der Waals surface area contributed by atoms with Gasteiger partial charge in [-0.05, 0) is 111 Å². The summed E-state index contributed by atoms with van der Waals surface area (Å²) in [6.45, 7) is 13.4. The number of aliphatic hydroxyl groups is 9. The van der Waals surface area contributed by atoms with Gasteiger partial charge in [0.15, 0.2) is 24.8 Å². The maximum atomic E-state index is 15.0. The molecule has 8 aliphatic rings. The SMILES string of the molecule is C[C@@H]1O[C@@H](O[C@H]2[C@H](OC(=O)[C@]34CCC(C)(C)C[C@H]3C3=CC[C@@H]5[C@@]6(C)C[C@H](O)[C@H](O[C@@H]7O[C@H](C(=O)O)[C@@H](O)[C@H](O)[C@H]7O)[C@@](C)(C(=O)O)[C@@H]6CC[C@@]5(C)[C@]3(C)CC4)OC[C@H](O)[C@@H]2O)[C@H](O)[C@H](O)[C@H]1O. The van der Waals surface area contributed by atoms with Gasteiger partial charge >= 0.3 is 17.9 Å². The molecule has 5 aliphatic carbocycles. The fraction of sp³-hybridized carbons (Fsp3) is 0.894. The van der Waals surface area contributed by atoms with E-state index in [-0.39, 0.29) is 23.7 Å². The lowest BCUT2D eigenvalue weighted by Crippen LogP contribution is -2.70. The van der Waals surface area contributed by atoms with E-state index in [1.807, 2.05) is 6.92 Å². The maximum absolute atomic E-state index is 15.0. The van der Waals surface area contributed by atoms with E-state index < -0.39 is 156 Å². The molecule has 0 radical (unpaired) electrons. The molecule has 380 valence electrons. The third kappa shape index (κ3) is 7.74. The van der Waals surface area contributed by atoms with Gasteiger partial charge in [-0.2, -0.15) is 0 Å². The first-order chi connectivity index (χ1) is 31.1. The molecule has 67 heavy (non-hydrogen) atoms. The van der Waals surface area contributed by atoms with E-state index in [0.29, 0.717) is 51.4 Å². The number of carboxylic acids is 2. The Labute approximate surface area is 389 Å². The second-order valence-corrected chi connectivity index (χ2v) is 23.0. The van der Waals surface area contributed by atoms with Crippen molar-refractivity contribution in [1.82, 2.24) is 0 Å². The van der Waals surface area contributed by atoms with Crippen molar-refractivity contribution in [3.8, 4) is 0 Å². The van der Waals surface area contributed by atoms with Crippen molar-refractivity contribution in [2.24, 2.45) is 50.2 Å². The molecule has 0 aromatic carbocycles. The van der Waals surface area contributed by atoms with Crippen molar-refractivity contribution in [3.63, 3.8) is 0 Å². The molecule has 24 atom stereocenters. The molecule has 0 spiro atoms. The Balaban J connectivity index is 1.08. The third-order valence-electron chi connectivity index (χ3n) is 18.9. The monoisotopic (exact) mass is 956 g/mol. The minimum absolute atomic E-state index is 0.0837. The van der Waals surface area contributed by atoms with Crippen LogP contribution in [0.2, 0.25) is 0 Å². The van der Waals surface area contributed by atoms with E-state index in [1.165, 1.54) is 13.8 Å². The average Bonchev–Trinajstić information content (AvgIpc) is 3.25. The van der Waals surface area contributed by atoms with Crippen LogP contribution in [0.5, 0.6) is 0 Å². The Morgan fingerprint density at radius 1 is 0.672 bits per heavy atom. The summed E-state index contributed by atoms with van der Waals surface area (Å²) in [6.07, 6.45) is -19.8. The molecule has 11 N–H and O–H groups in total. The molecule has 0 bridgehead atoms. The molecule has 20 nitrogen and oxygen atoms in total. The molecule has 8 rings (SSSR count). The van der Waals surface area contributed by atoms with Gasteiger partial charge in [0.2, 0.25) is 6.29 Å². The van der Waals surface area contributed by atoms with Crippen LogP contribution in [0.3, 0.4) is 0 Å². The zero-order chi connectivity index (χ0) is 49.3. The molecule has 7 fully saturated rings. The largest absolute Gasteiger partial charge is 0.481 e. The molecule has 0 aromatic rings. The Kier molecular flexibility index (Phi) is 13.2. The highest BCUT2D eigenvalue weighted by Gasteiger charge is 2.73. The maximum Gasteiger partial charge on any atom is 0.335 e. The Morgan fingerprint density at radius 2 is 1.30 bits per heavy atom. The fourth-order valence-corrected chi connectivity index (χ4v) is 14.7. The van der Waals surface area contributed by atoms with Gasteiger partial charge in [-0.15, -0.1) is 0 Å². The highest BCUT2D eigenvalue weighted by Crippen LogP contribution is 2.76. The van der Waals surface area contributed by atoms with Crippen LogP contribution < -0.4 is 0 Å². The highest BCUT2D eigenvalue weighted by atomic mass is 16.8. The molecule has 0 aromatic heterocycles. The lowest BCUT2D eigenvalue weighted by Gasteiger charge is -2.71. The van der Waals surface area contributed by atoms with Crippen molar-refractivity contribution >= 4 is 17.9 Å². The number of fused-ring (bicyclic) bond motifs is 7. The molecule has 0 amide bonds. The van der Waals surface area contributed by atoms with Crippen LogP contribution >= 0.6 is 0 Å². The van der Waals surface area contributed by atoms with Gasteiger partial charge < -0.3 is 84.6 Å². The predicted molar refractivity (Wildman–Crippen MR) is 227 cm³/mol. The first-order valence-electron chi connectivity index (χ1n) is 23.8. The number of aliphatic hydroxyl groups excluding tert-OH is 9. The minimum Gasteiger partial charge on any atom is -0.481 e. The number of esters is 1. The van der Waals surface area contributed by atoms with Crippen molar-refractivity contribution in [3.05, 3.63) is 11.6 Å². The van der Waals surface area contributed by atoms with E-state index >= 15 is 4.79 Å². The first-order valence-corrected chi connectivity index (χ1v) is 23.8. The number of carboxylic acid groups (broad SMARTS) is 2. The number of allylic oxidation sites excluding steroid dienone is 2. The zero-order valence-corrected chi connectivity index (χ0v) is 39.2. The van der Waals surface area contributed by atoms with E-state index in [9.17, 15) is 65.8 Å². The van der Waals surface area contributed by atoms with Crippen LogP contribution in [0.4, 0.5) is 0 Å². The number of hydrogen-bond acceptors (Lipinski definition) is 18. The number of hydrogen-bond donors (Lipinski definition) is 11. The summed E-state index contributed by atoms with van der Waals surface area (Å²) in [7, 11) is 0. The fourth-order valence-electron chi connectivity index (χ4n) is 14.7. The van der Waals surface area contributed by atoms with Gasteiger partial charge in [-0.3, -0.25) is 9.59 Å². The van der Waals surface area contributed by atoms with Crippen LogP contribution in [-0.2, 0) is 42.8 Å². The van der Waals surface area contributed by atoms with E-state index in [0.717, 1.165) is 5.57 Å². The summed E-state index contributed by atoms with van der Waals surface area (Å²) < 4.78 is 35.0. The third-order valence-corrected chi connectivity index (χ3v) is 18.9. The second kappa shape index (κ2) is 17.4. The lowest BCUT2D eigenvalue weighted by atomic mass is 9.33.